The van der Waals surface area contributed by atoms with Crippen molar-refractivity contribution < 1.29 is 13.5 Å². The number of aromatic nitrogens is 1. The van der Waals surface area contributed by atoms with Crippen molar-refractivity contribution in [3.05, 3.63) is 59.4 Å². The van der Waals surface area contributed by atoms with Crippen molar-refractivity contribution in [1.82, 2.24) is 0 Å². The Morgan fingerprint density at radius 3 is 2.53 bits per heavy atom. The van der Waals surface area contributed by atoms with Crippen LogP contribution in [0.25, 0.3) is 11.3 Å². The highest BCUT2D eigenvalue weighted by molar-refractivity contribution is 5.56. The zero-order chi connectivity index (χ0) is 10.8. The molecular weight excluding hydrogens is 200 g/mol. The highest BCUT2D eigenvalue weighted by Gasteiger charge is 2.13. The largest absolute Gasteiger partial charge is 0.618 e. The van der Waals surface area contributed by atoms with Gasteiger partial charge in [0.15, 0.2) is 6.20 Å². The lowest BCUT2D eigenvalue weighted by Crippen LogP contribution is -2.28. The number of rotatable bonds is 1. The molecule has 0 aliphatic heterocycles. The average molecular weight is 207 g/mol. The monoisotopic (exact) mass is 207 g/mol. The van der Waals surface area contributed by atoms with Gasteiger partial charge in [-0.05, 0) is 18.2 Å². The highest BCUT2D eigenvalue weighted by Crippen LogP contribution is 2.19. The van der Waals surface area contributed by atoms with Crippen LogP contribution in [-0.4, -0.2) is 0 Å². The Balaban J connectivity index is 2.60. The summed E-state index contributed by atoms with van der Waals surface area (Å²) >= 11 is 0. The zero-order valence-corrected chi connectivity index (χ0v) is 7.65. The lowest BCUT2D eigenvalue weighted by Gasteiger charge is -2.04. The Labute approximate surface area is 85.0 Å². The standard InChI is InChI=1S/C11H7F2NO/c12-8-4-5-9(10(13)7-8)11-3-1-2-6-14(11)15/h1-7H. The van der Waals surface area contributed by atoms with Crippen molar-refractivity contribution in [2.45, 2.75) is 0 Å². The van der Waals surface area contributed by atoms with E-state index in [9.17, 15) is 14.0 Å². The molecule has 15 heavy (non-hydrogen) atoms. The van der Waals surface area contributed by atoms with E-state index >= 15 is 0 Å². The van der Waals surface area contributed by atoms with E-state index in [1.807, 2.05) is 0 Å². The second-order valence-electron chi connectivity index (χ2n) is 3.04. The highest BCUT2D eigenvalue weighted by atomic mass is 19.1. The third-order valence-electron chi connectivity index (χ3n) is 2.03. The molecule has 0 N–H and O–H groups in total. The first-order chi connectivity index (χ1) is 7.18. The Kier molecular flexibility index (Phi) is 2.33. The van der Waals surface area contributed by atoms with Crippen LogP contribution in [0.4, 0.5) is 8.78 Å². The second-order valence-corrected chi connectivity index (χ2v) is 3.04. The van der Waals surface area contributed by atoms with Crippen LogP contribution in [0.1, 0.15) is 0 Å². The van der Waals surface area contributed by atoms with Gasteiger partial charge in [-0.25, -0.2) is 8.78 Å². The summed E-state index contributed by atoms with van der Waals surface area (Å²) in [5.41, 5.74) is 0.252. The minimum absolute atomic E-state index is 0.0898. The van der Waals surface area contributed by atoms with E-state index < -0.39 is 11.6 Å². The maximum Gasteiger partial charge on any atom is 0.226 e. The second kappa shape index (κ2) is 3.65. The first-order valence-electron chi connectivity index (χ1n) is 4.32. The predicted molar refractivity (Wildman–Crippen MR) is 50.8 cm³/mol. The maximum absolute atomic E-state index is 13.3. The topological polar surface area (TPSA) is 26.9 Å². The minimum atomic E-state index is -0.745. The number of pyridine rings is 1. The molecule has 76 valence electrons. The normalized spacial score (nSPS) is 10.3. The molecule has 2 aromatic rings. The fourth-order valence-electron chi connectivity index (χ4n) is 1.33. The molecule has 0 fully saturated rings. The van der Waals surface area contributed by atoms with Crippen molar-refractivity contribution in [3.63, 3.8) is 0 Å². The molecule has 0 spiro atoms. The molecule has 2 rings (SSSR count). The van der Waals surface area contributed by atoms with Crippen LogP contribution < -0.4 is 4.73 Å². The average Bonchev–Trinajstić information content (AvgIpc) is 2.20. The van der Waals surface area contributed by atoms with Gasteiger partial charge >= 0.3 is 0 Å². The molecule has 0 atom stereocenters. The van der Waals surface area contributed by atoms with Crippen LogP contribution >= 0.6 is 0 Å². The fourth-order valence-corrected chi connectivity index (χ4v) is 1.33. The smallest absolute Gasteiger partial charge is 0.226 e. The quantitative estimate of drug-likeness (QED) is 0.520. The summed E-state index contributed by atoms with van der Waals surface area (Å²) in [6.07, 6.45) is 1.26. The van der Waals surface area contributed by atoms with Crippen molar-refractivity contribution in [1.29, 1.82) is 0 Å². The maximum atomic E-state index is 13.3. The van der Waals surface area contributed by atoms with Crippen LogP contribution in [0.5, 0.6) is 0 Å². The Bertz CT molecular complexity index is 500. The molecule has 1 aromatic carbocycles. The Morgan fingerprint density at radius 2 is 1.87 bits per heavy atom. The molecule has 4 heteroatoms. The molecule has 0 unspecified atom stereocenters. The summed E-state index contributed by atoms with van der Waals surface area (Å²) in [6.45, 7) is 0. The zero-order valence-electron chi connectivity index (χ0n) is 7.65. The summed E-state index contributed by atoms with van der Waals surface area (Å²) in [6, 6.07) is 7.75. The van der Waals surface area contributed by atoms with Gasteiger partial charge < -0.3 is 5.21 Å². The van der Waals surface area contributed by atoms with E-state index in [2.05, 4.69) is 0 Å². The van der Waals surface area contributed by atoms with Crippen molar-refractivity contribution in [3.8, 4) is 11.3 Å². The molecular formula is C11H7F2NO. The van der Waals surface area contributed by atoms with E-state index in [1.54, 1.807) is 6.07 Å². The summed E-state index contributed by atoms with van der Waals surface area (Å²) in [5, 5.41) is 11.3. The summed E-state index contributed by atoms with van der Waals surface area (Å²) in [5.74, 6) is -1.41. The number of benzene rings is 1. The van der Waals surface area contributed by atoms with Crippen molar-refractivity contribution in [2.24, 2.45) is 0 Å². The molecule has 0 saturated carbocycles. The fraction of sp³-hybridized carbons (Fsp3) is 0. The van der Waals surface area contributed by atoms with Crippen molar-refractivity contribution in [2.75, 3.05) is 0 Å². The van der Waals surface area contributed by atoms with Crippen LogP contribution in [0.15, 0.2) is 42.6 Å². The van der Waals surface area contributed by atoms with Gasteiger partial charge in [0, 0.05) is 18.2 Å². The molecule has 0 bridgehead atoms. The van der Waals surface area contributed by atoms with E-state index in [1.165, 1.54) is 24.4 Å². The number of hydrogen-bond acceptors (Lipinski definition) is 1. The van der Waals surface area contributed by atoms with Crippen LogP contribution in [0, 0.1) is 16.8 Å². The third kappa shape index (κ3) is 1.79. The third-order valence-corrected chi connectivity index (χ3v) is 2.03. The summed E-state index contributed by atoms with van der Waals surface area (Å²) in [7, 11) is 0. The van der Waals surface area contributed by atoms with E-state index in [0.717, 1.165) is 12.1 Å². The first-order valence-corrected chi connectivity index (χ1v) is 4.32. The van der Waals surface area contributed by atoms with Gasteiger partial charge in [0.25, 0.3) is 0 Å². The molecule has 0 saturated heterocycles. The predicted octanol–water partition coefficient (Wildman–Crippen LogP) is 2.27. The SMILES string of the molecule is [O-][n+]1ccccc1-c1ccc(F)cc1F. The lowest BCUT2D eigenvalue weighted by molar-refractivity contribution is -0.593. The van der Waals surface area contributed by atoms with Gasteiger partial charge in [0.1, 0.15) is 11.6 Å². The van der Waals surface area contributed by atoms with E-state index in [0.29, 0.717) is 4.73 Å². The molecule has 1 aromatic heterocycles. The van der Waals surface area contributed by atoms with E-state index in [4.69, 9.17) is 0 Å². The van der Waals surface area contributed by atoms with Gasteiger partial charge in [-0.15, -0.1) is 0 Å². The molecule has 0 aliphatic rings. The Morgan fingerprint density at radius 1 is 1.07 bits per heavy atom. The van der Waals surface area contributed by atoms with E-state index in [-0.39, 0.29) is 11.3 Å². The Hall–Kier alpha value is -1.97. The van der Waals surface area contributed by atoms with Gasteiger partial charge in [-0.1, -0.05) is 0 Å². The van der Waals surface area contributed by atoms with Gasteiger partial charge in [-0.3, -0.25) is 0 Å². The molecule has 0 aliphatic carbocycles. The van der Waals surface area contributed by atoms with Gasteiger partial charge in [-0.2, -0.15) is 4.73 Å². The summed E-state index contributed by atoms with van der Waals surface area (Å²) < 4.78 is 26.5. The number of nitrogens with zero attached hydrogens (tertiary/aromatic N) is 1. The lowest BCUT2D eigenvalue weighted by atomic mass is 10.1. The molecule has 0 amide bonds. The van der Waals surface area contributed by atoms with Crippen LogP contribution in [0.2, 0.25) is 0 Å². The summed E-state index contributed by atoms with van der Waals surface area (Å²) in [4.78, 5) is 0. The van der Waals surface area contributed by atoms with Crippen LogP contribution in [0.3, 0.4) is 0 Å². The van der Waals surface area contributed by atoms with Crippen LogP contribution in [-0.2, 0) is 0 Å². The van der Waals surface area contributed by atoms with Gasteiger partial charge in [0.2, 0.25) is 5.69 Å². The molecule has 2 nitrogen and oxygen atoms in total. The number of hydrogen-bond donors (Lipinski definition) is 0. The number of halogens is 2. The van der Waals surface area contributed by atoms with Crippen molar-refractivity contribution >= 4 is 0 Å². The van der Waals surface area contributed by atoms with Gasteiger partial charge in [0.05, 0.1) is 5.56 Å². The molecule has 0 radical (unpaired) electrons. The molecule has 1 heterocycles. The first kappa shape index (κ1) is 9.58. The minimum Gasteiger partial charge on any atom is -0.618 e.